The first-order valence-electron chi connectivity index (χ1n) is 7.74. The number of halogens is 3. The maximum Gasteiger partial charge on any atom is 0.397 e. The van der Waals surface area contributed by atoms with E-state index in [1.807, 2.05) is 0 Å². The predicted molar refractivity (Wildman–Crippen MR) is 75.8 cm³/mol. The van der Waals surface area contributed by atoms with Gasteiger partial charge in [-0.2, -0.15) is 13.2 Å². The number of carbonyl (C=O) groups is 2. The van der Waals surface area contributed by atoms with E-state index in [9.17, 15) is 36.3 Å². The molecule has 0 aromatic carbocycles. The Balaban J connectivity index is 2.00. The molecule has 0 unspecified atom stereocenters. The van der Waals surface area contributed by atoms with Gasteiger partial charge in [0.2, 0.25) is 6.41 Å². The number of carbonyl (C=O) groups excluding carboxylic acids is 1. The zero-order valence-corrected chi connectivity index (χ0v) is 13.6. The van der Waals surface area contributed by atoms with Crippen molar-refractivity contribution in [3.63, 3.8) is 0 Å². The molecule has 1 heterocycles. The normalized spacial score (nSPS) is 32.6. The largest absolute Gasteiger partial charge is 0.479 e. The predicted octanol–water partition coefficient (Wildman–Crippen LogP) is 1.21. The molecule has 24 heavy (non-hydrogen) atoms. The second-order valence-electron chi connectivity index (χ2n) is 7.10. The molecule has 0 aromatic heterocycles. The molecule has 6 nitrogen and oxygen atoms in total. The summed E-state index contributed by atoms with van der Waals surface area (Å²) in [5.41, 5.74) is -5.09. The molecule has 3 rings (SSSR count). The van der Waals surface area contributed by atoms with Crippen molar-refractivity contribution in [3.8, 4) is 0 Å². The highest BCUT2D eigenvalue weighted by atomic mass is 32.2. The molecule has 1 aliphatic heterocycles. The number of sulfone groups is 1. The maximum atomic E-state index is 13.6. The molecular weight excluding hydrogens is 351 g/mol. The van der Waals surface area contributed by atoms with Crippen LogP contribution in [0.25, 0.3) is 0 Å². The van der Waals surface area contributed by atoms with Gasteiger partial charge < -0.3 is 10.0 Å². The summed E-state index contributed by atoms with van der Waals surface area (Å²) < 4.78 is 65.5. The summed E-state index contributed by atoms with van der Waals surface area (Å²) in [6, 6.07) is 0. The Morgan fingerprint density at radius 3 is 2.25 bits per heavy atom. The molecule has 2 saturated carbocycles. The summed E-state index contributed by atoms with van der Waals surface area (Å²) in [7, 11) is -3.75. The molecule has 0 aromatic rings. The molecule has 1 N–H and O–H groups in total. The molecule has 0 spiro atoms. The van der Waals surface area contributed by atoms with E-state index in [1.165, 1.54) is 0 Å². The van der Waals surface area contributed by atoms with Gasteiger partial charge >= 0.3 is 12.1 Å². The summed E-state index contributed by atoms with van der Waals surface area (Å²) in [6.45, 7) is -0.497. The molecule has 136 valence electrons. The van der Waals surface area contributed by atoms with Crippen LogP contribution >= 0.6 is 0 Å². The highest BCUT2D eigenvalue weighted by molar-refractivity contribution is 7.92. The number of alkyl halides is 3. The van der Waals surface area contributed by atoms with Gasteiger partial charge in [-0.05, 0) is 31.6 Å². The van der Waals surface area contributed by atoms with Gasteiger partial charge in [-0.3, -0.25) is 4.79 Å². The molecular formula is C14H18F3NO5S. The maximum absolute atomic E-state index is 13.6. The average molecular weight is 369 g/mol. The van der Waals surface area contributed by atoms with Crippen LogP contribution in [-0.2, 0) is 19.4 Å². The summed E-state index contributed by atoms with van der Waals surface area (Å²) in [5, 5.41) is 8.32. The zero-order chi connectivity index (χ0) is 18.0. The number of rotatable bonds is 6. The van der Waals surface area contributed by atoms with Crippen LogP contribution in [0.15, 0.2) is 0 Å². The summed E-state index contributed by atoms with van der Waals surface area (Å²) in [5.74, 6) is -1.94. The first-order valence-corrected chi connectivity index (χ1v) is 9.45. The van der Waals surface area contributed by atoms with Crippen LogP contribution in [0.4, 0.5) is 13.2 Å². The first kappa shape index (κ1) is 17.5. The van der Waals surface area contributed by atoms with E-state index in [2.05, 4.69) is 0 Å². The minimum Gasteiger partial charge on any atom is -0.479 e. The number of amides is 1. The van der Waals surface area contributed by atoms with E-state index in [1.54, 1.807) is 0 Å². The lowest BCUT2D eigenvalue weighted by Gasteiger charge is -2.40. The fraction of sp³-hybridized carbons (Fsp3) is 0.857. The van der Waals surface area contributed by atoms with Crippen molar-refractivity contribution in [2.24, 2.45) is 11.3 Å². The molecule has 2 aliphatic carbocycles. The number of likely N-dealkylation sites (tertiary alicyclic amines) is 1. The minimum absolute atomic E-state index is 0.00277. The van der Waals surface area contributed by atoms with Crippen LogP contribution in [0.3, 0.4) is 0 Å². The van der Waals surface area contributed by atoms with Crippen LogP contribution in [0.2, 0.25) is 0 Å². The number of aliphatic carboxylic acids is 1. The average Bonchev–Trinajstić information content (AvgIpc) is 3.36. The molecule has 0 radical (unpaired) electrons. The highest BCUT2D eigenvalue weighted by Gasteiger charge is 2.80. The highest BCUT2D eigenvalue weighted by Crippen LogP contribution is 2.68. The van der Waals surface area contributed by atoms with E-state index in [4.69, 9.17) is 0 Å². The Morgan fingerprint density at radius 2 is 1.88 bits per heavy atom. The monoisotopic (exact) mass is 369 g/mol. The van der Waals surface area contributed by atoms with Gasteiger partial charge in [0.1, 0.15) is 5.41 Å². The third-order valence-corrected chi connectivity index (χ3v) is 7.92. The van der Waals surface area contributed by atoms with Crippen LogP contribution in [-0.4, -0.2) is 60.1 Å². The standard InChI is InChI=1S/C14H18F3NO5S/c15-14(16,17)12(3-4-12)13(11(20)21)5-10(6-18(13)8-19)24(22,23)7-9-1-2-9/h8-10H,1-7H2,(H,20,21)/t10-,13-/m1/s1. The van der Waals surface area contributed by atoms with Crippen molar-refractivity contribution in [1.82, 2.24) is 4.90 Å². The van der Waals surface area contributed by atoms with Gasteiger partial charge in [0.05, 0.1) is 11.0 Å². The number of hydrogen-bond acceptors (Lipinski definition) is 4. The first-order chi connectivity index (χ1) is 11.0. The summed E-state index contributed by atoms with van der Waals surface area (Å²) in [4.78, 5) is 23.7. The van der Waals surface area contributed by atoms with Crippen LogP contribution in [0.5, 0.6) is 0 Å². The number of carboxylic acid groups (broad SMARTS) is 1. The van der Waals surface area contributed by atoms with Crippen molar-refractivity contribution in [2.75, 3.05) is 12.3 Å². The molecule has 1 amide bonds. The van der Waals surface area contributed by atoms with Crippen LogP contribution in [0, 0.1) is 11.3 Å². The lowest BCUT2D eigenvalue weighted by Crippen LogP contribution is -2.61. The lowest BCUT2D eigenvalue weighted by molar-refractivity contribution is -0.226. The second kappa shape index (κ2) is 5.09. The number of nitrogens with zero attached hydrogens (tertiary/aromatic N) is 1. The Labute approximate surface area is 136 Å². The third-order valence-electron chi connectivity index (χ3n) is 5.65. The van der Waals surface area contributed by atoms with Crippen molar-refractivity contribution < 1.29 is 36.3 Å². The van der Waals surface area contributed by atoms with E-state index in [0.29, 0.717) is 4.90 Å². The SMILES string of the molecule is O=CN1C[C@H](S(=O)(=O)CC2CC2)C[C@@]1(C(=O)O)C1(C(F)(F)F)CC1. The zero-order valence-electron chi connectivity index (χ0n) is 12.8. The van der Waals surface area contributed by atoms with Crippen molar-refractivity contribution in [1.29, 1.82) is 0 Å². The Hall–Kier alpha value is -1.32. The van der Waals surface area contributed by atoms with Crippen LogP contribution < -0.4 is 0 Å². The second-order valence-corrected chi connectivity index (χ2v) is 9.43. The molecule has 10 heteroatoms. The Morgan fingerprint density at radius 1 is 1.29 bits per heavy atom. The van der Waals surface area contributed by atoms with Crippen molar-refractivity contribution in [3.05, 3.63) is 0 Å². The molecule has 2 atom stereocenters. The van der Waals surface area contributed by atoms with E-state index in [-0.39, 0.29) is 18.1 Å². The third kappa shape index (κ3) is 2.33. The summed E-state index contributed by atoms with van der Waals surface area (Å²) >= 11 is 0. The Kier molecular flexibility index (Phi) is 3.71. The number of hydrogen-bond donors (Lipinski definition) is 1. The topological polar surface area (TPSA) is 91.8 Å². The quantitative estimate of drug-likeness (QED) is 0.711. The van der Waals surface area contributed by atoms with E-state index >= 15 is 0 Å². The number of carboxylic acids is 1. The molecule has 1 saturated heterocycles. The Bertz CT molecular complexity index is 668. The smallest absolute Gasteiger partial charge is 0.397 e. The fourth-order valence-corrected chi connectivity index (χ4v) is 6.10. The van der Waals surface area contributed by atoms with Gasteiger partial charge in [-0.25, -0.2) is 13.2 Å². The van der Waals surface area contributed by atoms with Crippen LogP contribution in [0.1, 0.15) is 32.1 Å². The van der Waals surface area contributed by atoms with Gasteiger partial charge in [0, 0.05) is 13.0 Å². The minimum atomic E-state index is -4.82. The van der Waals surface area contributed by atoms with Gasteiger partial charge in [-0.15, -0.1) is 0 Å². The van der Waals surface area contributed by atoms with Crippen molar-refractivity contribution >= 4 is 22.2 Å². The van der Waals surface area contributed by atoms with Gasteiger partial charge in [0.25, 0.3) is 0 Å². The molecule has 3 fully saturated rings. The molecule has 3 aliphatic rings. The lowest BCUT2D eigenvalue weighted by atomic mass is 9.77. The summed E-state index contributed by atoms with van der Waals surface area (Å²) in [6.07, 6.45) is -4.80. The fourth-order valence-electron chi connectivity index (χ4n) is 3.95. The van der Waals surface area contributed by atoms with Crippen molar-refractivity contribution in [2.45, 2.75) is 49.1 Å². The van der Waals surface area contributed by atoms with Gasteiger partial charge in [-0.1, -0.05) is 0 Å². The van der Waals surface area contributed by atoms with E-state index in [0.717, 1.165) is 12.8 Å². The van der Waals surface area contributed by atoms with Gasteiger partial charge in [0.15, 0.2) is 15.4 Å². The van der Waals surface area contributed by atoms with E-state index < -0.39 is 64.0 Å². The molecule has 0 bridgehead atoms.